The molecule has 0 aromatic rings. The third-order valence-electron chi connectivity index (χ3n) is 5.00. The maximum atomic E-state index is 12.2. The number of carbonyl (C=O) groups excluding carboxylic acids is 2. The van der Waals surface area contributed by atoms with Crippen molar-refractivity contribution in [3.05, 3.63) is 34.4 Å². The smallest absolute Gasteiger partial charge is 0.334 e. The van der Waals surface area contributed by atoms with Crippen LogP contribution in [0.3, 0.4) is 0 Å². The standard InChI is InChI=1S/C20H28O3/c1-13-6-5-7-15(3)18(21)11-9-14(2)12-19-17(10-8-13)16(4)20(22)23-19/h6,12,15,19H,5,7-11H2,1-4H3/t15-,19+/m1/s1. The molecule has 0 saturated carbocycles. The van der Waals surface area contributed by atoms with E-state index in [0.717, 1.165) is 48.8 Å². The number of hydrogen-bond donors (Lipinski definition) is 0. The molecule has 126 valence electrons. The monoisotopic (exact) mass is 316 g/mol. The van der Waals surface area contributed by atoms with E-state index in [1.165, 1.54) is 5.57 Å². The third kappa shape index (κ3) is 4.66. The summed E-state index contributed by atoms with van der Waals surface area (Å²) >= 11 is 0. The second-order valence-electron chi connectivity index (χ2n) is 6.98. The van der Waals surface area contributed by atoms with Crippen LogP contribution in [0.5, 0.6) is 0 Å². The van der Waals surface area contributed by atoms with Gasteiger partial charge in [-0.05, 0) is 64.5 Å². The molecular formula is C20H28O3. The molecule has 0 unspecified atom stereocenters. The van der Waals surface area contributed by atoms with E-state index >= 15 is 0 Å². The average molecular weight is 316 g/mol. The first-order valence-electron chi connectivity index (χ1n) is 8.64. The molecule has 2 rings (SSSR count). The molecule has 3 nitrogen and oxygen atoms in total. The van der Waals surface area contributed by atoms with E-state index in [0.29, 0.717) is 12.2 Å². The van der Waals surface area contributed by atoms with E-state index in [9.17, 15) is 9.59 Å². The van der Waals surface area contributed by atoms with Crippen LogP contribution in [-0.2, 0) is 14.3 Å². The van der Waals surface area contributed by atoms with Crippen LogP contribution in [-0.4, -0.2) is 17.9 Å². The summed E-state index contributed by atoms with van der Waals surface area (Å²) in [5.74, 6) is 0.248. The van der Waals surface area contributed by atoms with Gasteiger partial charge in [0.25, 0.3) is 0 Å². The third-order valence-corrected chi connectivity index (χ3v) is 5.00. The molecule has 0 aromatic carbocycles. The fourth-order valence-corrected chi connectivity index (χ4v) is 3.17. The largest absolute Gasteiger partial charge is 0.450 e. The molecule has 3 heteroatoms. The summed E-state index contributed by atoms with van der Waals surface area (Å²) in [5, 5.41) is 0. The number of esters is 1. The molecule has 0 bridgehead atoms. The lowest BCUT2D eigenvalue weighted by atomic mass is 9.92. The minimum atomic E-state index is -0.245. The highest BCUT2D eigenvalue weighted by atomic mass is 16.5. The van der Waals surface area contributed by atoms with Crippen molar-refractivity contribution >= 4 is 11.8 Å². The zero-order chi connectivity index (χ0) is 17.0. The average Bonchev–Trinajstić information content (AvgIpc) is 2.76. The summed E-state index contributed by atoms with van der Waals surface area (Å²) in [7, 11) is 0. The number of ether oxygens (including phenoxy) is 1. The van der Waals surface area contributed by atoms with Gasteiger partial charge in [-0.2, -0.15) is 0 Å². The summed E-state index contributed by atoms with van der Waals surface area (Å²) < 4.78 is 5.50. The Kier molecular flexibility index (Phi) is 5.97. The van der Waals surface area contributed by atoms with Crippen molar-refractivity contribution in [2.75, 3.05) is 0 Å². The van der Waals surface area contributed by atoms with Crippen LogP contribution < -0.4 is 0 Å². The van der Waals surface area contributed by atoms with Crippen LogP contribution >= 0.6 is 0 Å². The SMILES string of the molecule is CC1=C[C@@H]2OC(=O)C(C)=C2CCC(C)=CCC[C@@H](C)C(=O)CC1. The molecule has 0 fully saturated rings. The molecule has 1 aliphatic carbocycles. The summed E-state index contributed by atoms with van der Waals surface area (Å²) in [4.78, 5) is 24.1. The van der Waals surface area contributed by atoms with Gasteiger partial charge in [-0.25, -0.2) is 4.79 Å². The molecule has 1 heterocycles. The highest BCUT2D eigenvalue weighted by molar-refractivity contribution is 5.92. The summed E-state index contributed by atoms with van der Waals surface area (Å²) in [5.41, 5.74) is 4.29. The highest BCUT2D eigenvalue weighted by Gasteiger charge is 2.29. The Labute approximate surface area is 139 Å². The molecule has 2 aliphatic rings. The van der Waals surface area contributed by atoms with Crippen LogP contribution in [0.15, 0.2) is 34.4 Å². The molecule has 0 aromatic heterocycles. The Morgan fingerprint density at radius 2 is 1.70 bits per heavy atom. The van der Waals surface area contributed by atoms with E-state index < -0.39 is 0 Å². The lowest BCUT2D eigenvalue weighted by Gasteiger charge is -2.14. The predicted molar refractivity (Wildman–Crippen MR) is 92.0 cm³/mol. The Balaban J connectivity index is 2.23. The van der Waals surface area contributed by atoms with E-state index in [1.807, 2.05) is 26.8 Å². The van der Waals surface area contributed by atoms with Crippen molar-refractivity contribution in [3.63, 3.8) is 0 Å². The number of fused-ring (bicyclic) bond motifs is 1. The van der Waals surface area contributed by atoms with Crippen molar-refractivity contribution in [2.24, 2.45) is 5.92 Å². The number of hydrogen-bond acceptors (Lipinski definition) is 3. The van der Waals surface area contributed by atoms with E-state index in [4.69, 9.17) is 4.74 Å². The van der Waals surface area contributed by atoms with Crippen LogP contribution in [0.25, 0.3) is 0 Å². The molecule has 1 aliphatic heterocycles. The van der Waals surface area contributed by atoms with Gasteiger partial charge in [0.1, 0.15) is 11.9 Å². The number of Topliss-reactive ketones (excluding diaryl/α,β-unsaturated/α-hetero) is 1. The quantitative estimate of drug-likeness (QED) is 0.481. The number of allylic oxidation sites excluding steroid dienone is 3. The van der Waals surface area contributed by atoms with E-state index in [-0.39, 0.29) is 18.0 Å². The first-order chi connectivity index (χ1) is 10.9. The van der Waals surface area contributed by atoms with Gasteiger partial charge in [0.2, 0.25) is 0 Å². The van der Waals surface area contributed by atoms with Crippen molar-refractivity contribution < 1.29 is 14.3 Å². The van der Waals surface area contributed by atoms with Crippen molar-refractivity contribution in [3.8, 4) is 0 Å². The Bertz CT molecular complexity index is 578. The molecule has 0 spiro atoms. The van der Waals surface area contributed by atoms with Gasteiger partial charge in [0.15, 0.2) is 0 Å². The zero-order valence-corrected chi connectivity index (χ0v) is 14.8. The molecule has 0 N–H and O–H groups in total. The number of rotatable bonds is 0. The van der Waals surface area contributed by atoms with Gasteiger partial charge in [0.05, 0.1) is 0 Å². The fourth-order valence-electron chi connectivity index (χ4n) is 3.17. The Morgan fingerprint density at radius 1 is 1.00 bits per heavy atom. The maximum absolute atomic E-state index is 12.2. The second kappa shape index (κ2) is 7.76. The molecule has 23 heavy (non-hydrogen) atoms. The van der Waals surface area contributed by atoms with Gasteiger partial charge in [0, 0.05) is 17.9 Å². The van der Waals surface area contributed by atoms with Crippen LogP contribution in [0.1, 0.15) is 66.2 Å². The van der Waals surface area contributed by atoms with Crippen molar-refractivity contribution in [1.82, 2.24) is 0 Å². The first kappa shape index (κ1) is 17.7. The van der Waals surface area contributed by atoms with E-state index in [1.54, 1.807) is 0 Å². The topological polar surface area (TPSA) is 43.4 Å². The minimum Gasteiger partial charge on any atom is -0.450 e. The van der Waals surface area contributed by atoms with Gasteiger partial charge in [-0.15, -0.1) is 0 Å². The minimum absolute atomic E-state index is 0.122. The normalized spacial score (nSPS) is 27.8. The van der Waals surface area contributed by atoms with Crippen molar-refractivity contribution in [2.45, 2.75) is 72.3 Å². The van der Waals surface area contributed by atoms with Crippen LogP contribution in [0.2, 0.25) is 0 Å². The molecule has 0 amide bonds. The van der Waals surface area contributed by atoms with Crippen LogP contribution in [0.4, 0.5) is 0 Å². The molecular weight excluding hydrogens is 288 g/mol. The molecule has 0 saturated heterocycles. The first-order valence-corrected chi connectivity index (χ1v) is 8.64. The second-order valence-corrected chi connectivity index (χ2v) is 6.98. The number of ketones is 1. The van der Waals surface area contributed by atoms with Gasteiger partial charge in [-0.3, -0.25) is 4.79 Å². The fraction of sp³-hybridized carbons (Fsp3) is 0.600. The lowest BCUT2D eigenvalue weighted by molar-refractivity contribution is -0.138. The van der Waals surface area contributed by atoms with Gasteiger partial charge >= 0.3 is 5.97 Å². The highest BCUT2D eigenvalue weighted by Crippen LogP contribution is 2.30. The summed E-state index contributed by atoms with van der Waals surface area (Å²) in [6, 6.07) is 0. The summed E-state index contributed by atoms with van der Waals surface area (Å²) in [6.07, 6.45) is 9.01. The lowest BCUT2D eigenvalue weighted by Crippen LogP contribution is -2.12. The van der Waals surface area contributed by atoms with Gasteiger partial charge < -0.3 is 4.74 Å². The molecule has 2 atom stereocenters. The maximum Gasteiger partial charge on any atom is 0.334 e. The Hall–Kier alpha value is -1.64. The summed E-state index contributed by atoms with van der Waals surface area (Å²) in [6.45, 7) is 8.03. The van der Waals surface area contributed by atoms with Crippen LogP contribution in [0, 0.1) is 5.92 Å². The zero-order valence-electron chi connectivity index (χ0n) is 14.8. The number of carbonyl (C=O) groups is 2. The van der Waals surface area contributed by atoms with Gasteiger partial charge in [-0.1, -0.05) is 24.1 Å². The van der Waals surface area contributed by atoms with Crippen molar-refractivity contribution in [1.29, 1.82) is 0 Å². The molecule has 0 radical (unpaired) electrons. The Morgan fingerprint density at radius 3 is 2.43 bits per heavy atom. The predicted octanol–water partition coefficient (Wildman–Crippen LogP) is 4.68. The van der Waals surface area contributed by atoms with E-state index in [2.05, 4.69) is 13.0 Å².